The molecule has 0 aromatic heterocycles. The van der Waals surface area contributed by atoms with E-state index in [1.165, 1.54) is 33.3 Å². The summed E-state index contributed by atoms with van der Waals surface area (Å²) in [7, 11) is 6.01. The number of Topliss-reactive ketones (excluding diaryl/α,β-unsaturated/α-hetero) is 1. The van der Waals surface area contributed by atoms with Gasteiger partial charge in [-0.1, -0.05) is 0 Å². The van der Waals surface area contributed by atoms with Gasteiger partial charge in [-0.3, -0.25) is 9.59 Å². The number of rotatable bonds is 8. The molecule has 1 N–H and O–H groups in total. The molecule has 9 nitrogen and oxygen atoms in total. The zero-order valence-electron chi connectivity index (χ0n) is 20.2. The van der Waals surface area contributed by atoms with Gasteiger partial charge in [-0.05, 0) is 54.8 Å². The first kappa shape index (κ1) is 24.4. The van der Waals surface area contributed by atoms with E-state index in [0.29, 0.717) is 40.7 Å². The molecule has 1 amide bonds. The number of carbonyl (C=O) groups is 2. The predicted molar refractivity (Wildman–Crippen MR) is 127 cm³/mol. The molecule has 2 saturated heterocycles. The normalized spacial score (nSPS) is 21.3. The second-order valence-electron chi connectivity index (χ2n) is 8.27. The van der Waals surface area contributed by atoms with E-state index in [4.69, 9.17) is 23.7 Å². The molecule has 2 aliphatic rings. The van der Waals surface area contributed by atoms with Gasteiger partial charge in [0.05, 0.1) is 46.2 Å². The van der Waals surface area contributed by atoms with E-state index in [1.54, 1.807) is 36.4 Å². The quantitative estimate of drug-likeness (QED) is 0.347. The molecule has 0 radical (unpaired) electrons. The maximum Gasteiger partial charge on any atom is 0.295 e. The highest BCUT2D eigenvalue weighted by molar-refractivity contribution is 6.46. The van der Waals surface area contributed by atoms with Crippen LogP contribution in [0.2, 0.25) is 0 Å². The van der Waals surface area contributed by atoms with Gasteiger partial charge in [-0.2, -0.15) is 0 Å². The van der Waals surface area contributed by atoms with Crippen LogP contribution < -0.4 is 18.9 Å². The molecule has 0 saturated carbocycles. The van der Waals surface area contributed by atoms with Crippen molar-refractivity contribution in [1.82, 2.24) is 4.90 Å². The van der Waals surface area contributed by atoms with Gasteiger partial charge in [0.15, 0.2) is 11.5 Å². The van der Waals surface area contributed by atoms with E-state index in [-0.39, 0.29) is 24.0 Å². The molecular formula is C26H29NO8. The Labute approximate surface area is 203 Å². The van der Waals surface area contributed by atoms with Gasteiger partial charge in [0.25, 0.3) is 11.7 Å². The molecule has 0 bridgehead atoms. The van der Waals surface area contributed by atoms with E-state index in [1.807, 2.05) is 0 Å². The van der Waals surface area contributed by atoms with Gasteiger partial charge in [0.1, 0.15) is 11.5 Å². The summed E-state index contributed by atoms with van der Waals surface area (Å²) in [5.74, 6) is -0.0291. The number of methoxy groups -OCH3 is 4. The van der Waals surface area contributed by atoms with Crippen LogP contribution in [0.15, 0.2) is 42.0 Å². The number of aliphatic hydroxyl groups excluding tert-OH is 1. The largest absolute Gasteiger partial charge is 0.507 e. The lowest BCUT2D eigenvalue weighted by atomic mass is 9.94. The standard InChI is InChI=1S/C26H29NO8/c1-31-17-9-7-15(8-10-17)23(28)21-22(16-12-19(32-2)25(34-4)20(13-16)33-3)27(26(30)24(21)29)14-18-6-5-11-35-18/h7-10,12-13,18,22,28H,5-6,11,14H2,1-4H3. The first-order valence-corrected chi connectivity index (χ1v) is 11.3. The monoisotopic (exact) mass is 483 g/mol. The fourth-order valence-electron chi connectivity index (χ4n) is 4.59. The summed E-state index contributed by atoms with van der Waals surface area (Å²) < 4.78 is 27.4. The summed E-state index contributed by atoms with van der Waals surface area (Å²) in [6.45, 7) is 0.820. The van der Waals surface area contributed by atoms with Gasteiger partial charge in [-0.15, -0.1) is 0 Å². The van der Waals surface area contributed by atoms with E-state index < -0.39 is 17.7 Å². The summed E-state index contributed by atoms with van der Waals surface area (Å²) in [5.41, 5.74) is 0.901. The van der Waals surface area contributed by atoms with Crippen LogP contribution in [-0.4, -0.2) is 69.4 Å². The molecule has 2 atom stereocenters. The molecule has 2 aromatic rings. The number of likely N-dealkylation sites (tertiary alicyclic amines) is 1. The average Bonchev–Trinajstić information content (AvgIpc) is 3.49. The minimum atomic E-state index is -0.880. The maximum absolute atomic E-state index is 13.3. The number of carbonyl (C=O) groups excluding carboxylic acids is 2. The van der Waals surface area contributed by atoms with Crippen molar-refractivity contribution in [3.63, 3.8) is 0 Å². The maximum atomic E-state index is 13.3. The number of hydrogen-bond acceptors (Lipinski definition) is 8. The van der Waals surface area contributed by atoms with Gasteiger partial charge in [0.2, 0.25) is 5.75 Å². The minimum absolute atomic E-state index is 0.0209. The second kappa shape index (κ2) is 10.3. The third-order valence-electron chi connectivity index (χ3n) is 6.33. The van der Waals surface area contributed by atoms with Crippen molar-refractivity contribution in [2.75, 3.05) is 41.6 Å². The number of nitrogens with zero attached hydrogens (tertiary/aromatic N) is 1. The number of ketones is 1. The molecular weight excluding hydrogens is 454 g/mol. The molecule has 2 heterocycles. The lowest BCUT2D eigenvalue weighted by Crippen LogP contribution is -2.36. The molecule has 2 aromatic carbocycles. The molecule has 2 aliphatic heterocycles. The molecule has 186 valence electrons. The fraction of sp³-hybridized carbons (Fsp3) is 0.385. The molecule has 0 spiro atoms. The van der Waals surface area contributed by atoms with Crippen LogP contribution in [0.1, 0.15) is 30.0 Å². The summed E-state index contributed by atoms with van der Waals surface area (Å²) in [5, 5.41) is 11.3. The summed E-state index contributed by atoms with van der Waals surface area (Å²) in [6, 6.07) is 9.10. The topological polar surface area (TPSA) is 104 Å². The first-order valence-electron chi connectivity index (χ1n) is 11.3. The van der Waals surface area contributed by atoms with Crippen LogP contribution in [0.4, 0.5) is 0 Å². The number of aliphatic hydroxyl groups is 1. The first-order chi connectivity index (χ1) is 16.9. The van der Waals surface area contributed by atoms with Crippen molar-refractivity contribution in [1.29, 1.82) is 0 Å². The van der Waals surface area contributed by atoms with E-state index >= 15 is 0 Å². The van der Waals surface area contributed by atoms with Crippen LogP contribution in [0.3, 0.4) is 0 Å². The second-order valence-corrected chi connectivity index (χ2v) is 8.27. The summed E-state index contributed by atoms with van der Waals surface area (Å²) >= 11 is 0. The Kier molecular flexibility index (Phi) is 7.16. The number of hydrogen-bond donors (Lipinski definition) is 1. The lowest BCUT2D eigenvalue weighted by Gasteiger charge is -2.28. The molecule has 0 aliphatic carbocycles. The number of amides is 1. The highest BCUT2D eigenvalue weighted by Crippen LogP contribution is 2.46. The average molecular weight is 484 g/mol. The summed E-state index contributed by atoms with van der Waals surface area (Å²) in [6.07, 6.45) is 1.47. The van der Waals surface area contributed by atoms with Crippen molar-refractivity contribution in [3.05, 3.63) is 53.1 Å². The number of ether oxygens (including phenoxy) is 5. The SMILES string of the molecule is COc1ccc(C(O)=C2C(=O)C(=O)N(CC3CCCO3)C2c2cc(OC)c(OC)c(OC)c2)cc1. The van der Waals surface area contributed by atoms with E-state index in [0.717, 1.165) is 12.8 Å². The molecule has 2 fully saturated rings. The molecule has 4 rings (SSSR count). The Hall–Kier alpha value is -3.72. The highest BCUT2D eigenvalue weighted by atomic mass is 16.5. The van der Waals surface area contributed by atoms with Crippen LogP contribution in [0, 0.1) is 0 Å². The van der Waals surface area contributed by atoms with Crippen LogP contribution >= 0.6 is 0 Å². The van der Waals surface area contributed by atoms with Crippen molar-refractivity contribution in [2.24, 2.45) is 0 Å². The van der Waals surface area contributed by atoms with Gasteiger partial charge >= 0.3 is 0 Å². The van der Waals surface area contributed by atoms with Crippen LogP contribution in [-0.2, 0) is 14.3 Å². The van der Waals surface area contributed by atoms with Crippen molar-refractivity contribution < 1.29 is 38.4 Å². The zero-order chi connectivity index (χ0) is 25.1. The Bertz CT molecular complexity index is 1110. The van der Waals surface area contributed by atoms with Crippen molar-refractivity contribution in [2.45, 2.75) is 25.0 Å². The van der Waals surface area contributed by atoms with Crippen molar-refractivity contribution in [3.8, 4) is 23.0 Å². The smallest absolute Gasteiger partial charge is 0.295 e. The van der Waals surface area contributed by atoms with Gasteiger partial charge in [-0.25, -0.2) is 0 Å². The summed E-state index contributed by atoms with van der Waals surface area (Å²) in [4.78, 5) is 28.0. The van der Waals surface area contributed by atoms with E-state index in [2.05, 4.69) is 0 Å². The predicted octanol–water partition coefficient (Wildman–Crippen LogP) is 3.32. The van der Waals surface area contributed by atoms with Gasteiger partial charge < -0.3 is 33.7 Å². The third-order valence-corrected chi connectivity index (χ3v) is 6.33. The van der Waals surface area contributed by atoms with Gasteiger partial charge in [0, 0.05) is 18.7 Å². The van der Waals surface area contributed by atoms with E-state index in [9.17, 15) is 14.7 Å². The molecule has 35 heavy (non-hydrogen) atoms. The highest BCUT2D eigenvalue weighted by Gasteiger charge is 2.47. The fourth-order valence-corrected chi connectivity index (χ4v) is 4.59. The molecule has 2 unspecified atom stereocenters. The minimum Gasteiger partial charge on any atom is -0.507 e. The Morgan fingerprint density at radius 1 is 1.00 bits per heavy atom. The zero-order valence-corrected chi connectivity index (χ0v) is 20.2. The Morgan fingerprint density at radius 3 is 2.17 bits per heavy atom. The molecule has 9 heteroatoms. The van der Waals surface area contributed by atoms with Crippen LogP contribution in [0.25, 0.3) is 5.76 Å². The van der Waals surface area contributed by atoms with Crippen LogP contribution in [0.5, 0.6) is 23.0 Å². The Morgan fingerprint density at radius 2 is 1.66 bits per heavy atom. The lowest BCUT2D eigenvalue weighted by molar-refractivity contribution is -0.140. The van der Waals surface area contributed by atoms with Crippen molar-refractivity contribution >= 4 is 17.4 Å². The Balaban J connectivity index is 1.89. The number of benzene rings is 2. The third kappa shape index (κ3) is 4.51.